The summed E-state index contributed by atoms with van der Waals surface area (Å²) in [5, 5.41) is 4.08. The molecule has 0 unspecified atom stereocenters. The van der Waals surface area contributed by atoms with E-state index in [1.165, 1.54) is 18.3 Å². The number of benzene rings is 1. The van der Waals surface area contributed by atoms with Crippen LogP contribution in [0.3, 0.4) is 0 Å². The average Bonchev–Trinajstić information content (AvgIpc) is 2.85. The quantitative estimate of drug-likeness (QED) is 0.317. The lowest BCUT2D eigenvalue weighted by atomic mass is 9.75. The Kier molecular flexibility index (Phi) is 7.19. The van der Waals surface area contributed by atoms with Crippen LogP contribution >= 0.6 is 0 Å². The number of nitrogens with zero attached hydrogens (tertiary/aromatic N) is 3. The van der Waals surface area contributed by atoms with Crippen molar-refractivity contribution in [2.24, 2.45) is 0 Å². The van der Waals surface area contributed by atoms with E-state index in [1.807, 2.05) is 13.0 Å². The van der Waals surface area contributed by atoms with E-state index in [-0.39, 0.29) is 23.5 Å². The highest BCUT2D eigenvalue weighted by molar-refractivity contribution is 5.32. The first-order valence-corrected chi connectivity index (χ1v) is 12.8. The molecule has 0 amide bonds. The second-order valence-corrected chi connectivity index (χ2v) is 10.4. The molecular weight excluding hydrogens is 524 g/mol. The van der Waals surface area contributed by atoms with E-state index in [1.54, 1.807) is 6.07 Å². The molecule has 2 aliphatic rings. The summed E-state index contributed by atoms with van der Waals surface area (Å²) in [6.07, 6.45) is -3.03. The van der Waals surface area contributed by atoms with Crippen molar-refractivity contribution < 1.29 is 31.1 Å². The molecule has 2 heterocycles. The molecule has 0 bridgehead atoms. The molecule has 2 aromatic heterocycles. The predicted molar refractivity (Wildman–Crippen MR) is 131 cm³/mol. The Labute approximate surface area is 220 Å². The minimum Gasteiger partial charge on any atom is -0.473 e. The van der Waals surface area contributed by atoms with Gasteiger partial charge in [-0.05, 0) is 73.8 Å². The molecule has 3 aromatic rings. The molecular formula is C28H27F6N3O2. The topological polar surface area (TPSA) is 57.0 Å². The Hall–Kier alpha value is -3.37. The van der Waals surface area contributed by atoms with E-state index in [9.17, 15) is 31.1 Å². The number of ether oxygens (including phenoxy) is 1. The van der Waals surface area contributed by atoms with Gasteiger partial charge in [-0.15, -0.1) is 5.10 Å². The third kappa shape index (κ3) is 5.81. The first kappa shape index (κ1) is 27.2. The van der Waals surface area contributed by atoms with Crippen LogP contribution in [-0.4, -0.2) is 26.8 Å². The fourth-order valence-corrected chi connectivity index (χ4v) is 5.67. The normalized spacial score (nSPS) is 21.4. The molecule has 208 valence electrons. The maximum absolute atomic E-state index is 14.5. The molecule has 0 atom stereocenters. The van der Waals surface area contributed by atoms with E-state index in [2.05, 4.69) is 10.1 Å². The van der Waals surface area contributed by atoms with Crippen molar-refractivity contribution in [2.75, 3.05) is 0 Å². The van der Waals surface area contributed by atoms with Crippen LogP contribution in [0.1, 0.15) is 78.3 Å². The fraction of sp³-hybridized carbons (Fsp3) is 0.464. The Morgan fingerprint density at radius 1 is 1.05 bits per heavy atom. The van der Waals surface area contributed by atoms with Gasteiger partial charge in [0.15, 0.2) is 0 Å². The summed E-state index contributed by atoms with van der Waals surface area (Å²) in [6, 6.07) is 8.38. The summed E-state index contributed by atoms with van der Waals surface area (Å²) in [7, 11) is 0. The van der Waals surface area contributed by atoms with Gasteiger partial charge < -0.3 is 4.74 Å². The molecule has 0 N–H and O–H groups in total. The highest BCUT2D eigenvalue weighted by Gasteiger charge is 2.47. The van der Waals surface area contributed by atoms with Crippen LogP contribution in [0.5, 0.6) is 5.88 Å². The van der Waals surface area contributed by atoms with Crippen LogP contribution in [0.15, 0.2) is 47.4 Å². The number of aromatic nitrogens is 3. The molecule has 0 spiro atoms. The first-order chi connectivity index (χ1) is 18.4. The maximum Gasteiger partial charge on any atom is 0.418 e. The summed E-state index contributed by atoms with van der Waals surface area (Å²) in [4.78, 5) is 17.3. The third-order valence-corrected chi connectivity index (χ3v) is 7.66. The number of halogens is 6. The summed E-state index contributed by atoms with van der Waals surface area (Å²) in [6.45, 7) is 1.29. The summed E-state index contributed by atoms with van der Waals surface area (Å²) >= 11 is 0. The molecule has 2 aliphatic carbocycles. The van der Waals surface area contributed by atoms with Crippen LogP contribution in [0, 0.1) is 12.7 Å². The maximum atomic E-state index is 14.5. The molecule has 11 heteroatoms. The Balaban J connectivity index is 1.44. The van der Waals surface area contributed by atoms with Crippen LogP contribution in [0.4, 0.5) is 26.3 Å². The van der Waals surface area contributed by atoms with Crippen molar-refractivity contribution in [3.05, 3.63) is 86.7 Å². The van der Waals surface area contributed by atoms with Crippen molar-refractivity contribution in [1.29, 1.82) is 0 Å². The SMILES string of the molecule is Cc1cccc(F)c1C1CCC(c2cc(OC3CC(F)(F)C3)nn(Cc3ncccc3C(F)(F)F)c2=O)CC1. The predicted octanol–water partition coefficient (Wildman–Crippen LogP) is 6.77. The smallest absolute Gasteiger partial charge is 0.418 e. The zero-order valence-corrected chi connectivity index (χ0v) is 21.1. The Morgan fingerprint density at radius 3 is 2.38 bits per heavy atom. The summed E-state index contributed by atoms with van der Waals surface area (Å²) in [5.74, 6) is -3.51. The van der Waals surface area contributed by atoms with Crippen LogP contribution in [0.25, 0.3) is 0 Å². The van der Waals surface area contributed by atoms with Gasteiger partial charge >= 0.3 is 6.18 Å². The van der Waals surface area contributed by atoms with Crippen molar-refractivity contribution >= 4 is 0 Å². The van der Waals surface area contributed by atoms with Gasteiger partial charge in [0.1, 0.15) is 11.9 Å². The van der Waals surface area contributed by atoms with Gasteiger partial charge in [0.05, 0.1) is 17.8 Å². The minimum atomic E-state index is -4.69. The van der Waals surface area contributed by atoms with Gasteiger partial charge in [-0.1, -0.05) is 12.1 Å². The van der Waals surface area contributed by atoms with E-state index in [0.717, 1.165) is 22.4 Å². The van der Waals surface area contributed by atoms with Crippen LogP contribution in [0.2, 0.25) is 0 Å². The number of pyridine rings is 1. The van der Waals surface area contributed by atoms with Gasteiger partial charge in [0.2, 0.25) is 5.88 Å². The van der Waals surface area contributed by atoms with E-state index < -0.39 is 54.4 Å². The number of aryl methyl sites for hydroxylation is 1. The van der Waals surface area contributed by atoms with Crippen LogP contribution in [-0.2, 0) is 12.7 Å². The van der Waals surface area contributed by atoms with Crippen molar-refractivity contribution in [2.45, 2.75) is 82.0 Å². The van der Waals surface area contributed by atoms with Crippen molar-refractivity contribution in [1.82, 2.24) is 14.8 Å². The first-order valence-electron chi connectivity index (χ1n) is 12.8. The third-order valence-electron chi connectivity index (χ3n) is 7.66. The van der Waals surface area contributed by atoms with Crippen molar-refractivity contribution in [3.8, 4) is 5.88 Å². The Bertz CT molecular complexity index is 1380. The lowest BCUT2D eigenvalue weighted by Crippen LogP contribution is -2.43. The largest absolute Gasteiger partial charge is 0.473 e. The van der Waals surface area contributed by atoms with Crippen LogP contribution < -0.4 is 10.3 Å². The van der Waals surface area contributed by atoms with E-state index in [0.29, 0.717) is 36.8 Å². The average molecular weight is 552 g/mol. The molecule has 0 radical (unpaired) electrons. The summed E-state index contributed by atoms with van der Waals surface area (Å²) in [5.41, 5.74) is -0.172. The van der Waals surface area contributed by atoms with Crippen molar-refractivity contribution in [3.63, 3.8) is 0 Å². The number of hydrogen-bond donors (Lipinski definition) is 0. The van der Waals surface area contributed by atoms with Gasteiger partial charge in [0, 0.05) is 30.7 Å². The summed E-state index contributed by atoms with van der Waals surface area (Å²) < 4.78 is 88.5. The Morgan fingerprint density at radius 2 is 1.74 bits per heavy atom. The van der Waals surface area contributed by atoms with E-state index >= 15 is 0 Å². The number of rotatable bonds is 6. The number of hydrogen-bond acceptors (Lipinski definition) is 4. The molecule has 5 nitrogen and oxygen atoms in total. The fourth-order valence-electron chi connectivity index (χ4n) is 5.67. The molecule has 1 aromatic carbocycles. The molecule has 2 saturated carbocycles. The zero-order valence-electron chi connectivity index (χ0n) is 21.1. The zero-order chi connectivity index (χ0) is 27.9. The van der Waals surface area contributed by atoms with Gasteiger partial charge in [-0.3, -0.25) is 9.78 Å². The minimum absolute atomic E-state index is 0.0256. The van der Waals surface area contributed by atoms with Gasteiger partial charge in [-0.25, -0.2) is 17.9 Å². The second-order valence-electron chi connectivity index (χ2n) is 10.4. The van der Waals surface area contributed by atoms with E-state index in [4.69, 9.17) is 4.74 Å². The molecule has 5 rings (SSSR count). The standard InChI is InChI=1S/C28H27F6N3O2/c1-16-4-2-6-22(29)25(16)18-9-7-17(8-10-18)20-12-24(39-19-13-27(30,31)14-19)36-37(26(20)38)15-23-21(28(32,33)34)5-3-11-35-23/h2-6,11-12,17-19H,7-10,13-15H2,1H3. The highest BCUT2D eigenvalue weighted by atomic mass is 19.4. The molecule has 0 saturated heterocycles. The monoisotopic (exact) mass is 551 g/mol. The molecule has 2 fully saturated rings. The molecule has 39 heavy (non-hydrogen) atoms. The van der Waals surface area contributed by atoms with Gasteiger partial charge in [0.25, 0.3) is 11.5 Å². The second kappa shape index (κ2) is 10.3. The number of alkyl halides is 5. The van der Waals surface area contributed by atoms with Gasteiger partial charge in [-0.2, -0.15) is 13.2 Å². The lowest BCUT2D eigenvalue weighted by Gasteiger charge is -2.34. The highest BCUT2D eigenvalue weighted by Crippen LogP contribution is 2.43. The molecule has 0 aliphatic heterocycles. The lowest BCUT2D eigenvalue weighted by molar-refractivity contribution is -0.138.